The number of benzene rings is 10. The van der Waals surface area contributed by atoms with Crippen LogP contribution >= 0.6 is 0 Å². The highest BCUT2D eigenvalue weighted by molar-refractivity contribution is 6.31. The fourth-order valence-electron chi connectivity index (χ4n) is 8.58. The van der Waals surface area contributed by atoms with Gasteiger partial charge in [-0.3, -0.25) is 0 Å². The van der Waals surface area contributed by atoms with Crippen LogP contribution in [-0.2, 0) is 0 Å². The minimum Gasteiger partial charge on any atom is -0.456 e. The lowest BCUT2D eigenvalue weighted by Crippen LogP contribution is -1.92. The van der Waals surface area contributed by atoms with Gasteiger partial charge in [-0.2, -0.15) is 0 Å². The van der Waals surface area contributed by atoms with Crippen LogP contribution in [0.4, 0.5) is 0 Å². The van der Waals surface area contributed by atoms with E-state index in [1.807, 2.05) is 121 Å². The van der Waals surface area contributed by atoms with E-state index in [0.717, 1.165) is 65.4 Å². The van der Waals surface area contributed by atoms with Crippen LogP contribution in [0.1, 0.15) is 11.0 Å². The van der Waals surface area contributed by atoms with Crippen LogP contribution in [-0.4, -0.2) is 0 Å². The molecule has 12 rings (SSSR count). The van der Waals surface area contributed by atoms with Crippen molar-refractivity contribution in [2.75, 3.05) is 0 Å². The highest BCUT2D eigenvalue weighted by Crippen LogP contribution is 2.48. The largest absolute Gasteiger partial charge is 0.456 e. The van der Waals surface area contributed by atoms with Crippen LogP contribution in [0.15, 0.2) is 191 Å². The summed E-state index contributed by atoms with van der Waals surface area (Å²) in [6, 6.07) is 40.0. The smallest absolute Gasteiger partial charge is 0.143 e. The molecule has 0 unspecified atom stereocenters. The average Bonchev–Trinajstić information content (AvgIpc) is 3.89. The van der Waals surface area contributed by atoms with Gasteiger partial charge in [0.05, 0.1) is 11.0 Å². The average molecular weight is 695 g/mol. The molecule has 2 aromatic heterocycles. The van der Waals surface area contributed by atoms with Crippen molar-refractivity contribution in [3.63, 3.8) is 0 Å². The van der Waals surface area contributed by atoms with Crippen molar-refractivity contribution in [1.82, 2.24) is 0 Å². The second kappa shape index (κ2) is 11.2. The third-order valence-corrected chi connectivity index (χ3v) is 10.9. The molecule has 0 aliphatic heterocycles. The molecular formula is C52H30O2. The lowest BCUT2D eigenvalue weighted by molar-refractivity contribution is 0.669. The van der Waals surface area contributed by atoms with Gasteiger partial charge in [0.1, 0.15) is 22.3 Å². The molecule has 0 fully saturated rings. The Hall–Kier alpha value is -7.16. The lowest BCUT2D eigenvalue weighted by atomic mass is 9.84. The summed E-state index contributed by atoms with van der Waals surface area (Å²) in [5.74, 6) is 0. The first-order valence-corrected chi connectivity index (χ1v) is 17.9. The number of furan rings is 2. The van der Waals surface area contributed by atoms with Gasteiger partial charge in [0.25, 0.3) is 0 Å². The van der Waals surface area contributed by atoms with E-state index in [4.69, 9.17) is 14.3 Å². The number of hydrogen-bond acceptors (Lipinski definition) is 2. The Labute approximate surface area is 321 Å². The van der Waals surface area contributed by atoms with Gasteiger partial charge in [-0.15, -0.1) is 0 Å². The van der Waals surface area contributed by atoms with Gasteiger partial charge in [-0.1, -0.05) is 164 Å². The number of para-hydroxylation sites is 2. The van der Waals surface area contributed by atoms with Gasteiger partial charge >= 0.3 is 0 Å². The molecule has 10 aromatic carbocycles. The van der Waals surface area contributed by atoms with E-state index in [0.29, 0.717) is 22.3 Å². The minimum atomic E-state index is -0.454. The molecule has 0 N–H and O–H groups in total. The van der Waals surface area contributed by atoms with Crippen molar-refractivity contribution < 1.29 is 19.8 Å². The van der Waals surface area contributed by atoms with Gasteiger partial charge in [0.15, 0.2) is 0 Å². The second-order valence-electron chi connectivity index (χ2n) is 13.7. The Morgan fingerprint density at radius 2 is 0.944 bits per heavy atom. The van der Waals surface area contributed by atoms with E-state index >= 15 is 0 Å². The monoisotopic (exact) mass is 694 g/mol. The third-order valence-electron chi connectivity index (χ3n) is 10.9. The molecule has 2 nitrogen and oxygen atoms in total. The second-order valence-corrected chi connectivity index (χ2v) is 13.7. The predicted octanol–water partition coefficient (Wildman–Crippen LogP) is 15.1. The zero-order chi connectivity index (χ0) is 42.3. The molecule has 0 radical (unpaired) electrons. The van der Waals surface area contributed by atoms with E-state index in [2.05, 4.69) is 12.1 Å². The zero-order valence-corrected chi connectivity index (χ0v) is 28.5. The highest BCUT2D eigenvalue weighted by Gasteiger charge is 2.22. The van der Waals surface area contributed by atoms with Crippen LogP contribution < -0.4 is 0 Å². The van der Waals surface area contributed by atoms with E-state index in [1.165, 1.54) is 0 Å². The van der Waals surface area contributed by atoms with E-state index in [9.17, 15) is 5.48 Å². The molecule has 2 heteroatoms. The van der Waals surface area contributed by atoms with Crippen molar-refractivity contribution in [2.24, 2.45) is 0 Å². The summed E-state index contributed by atoms with van der Waals surface area (Å²) in [4.78, 5) is 0. The highest BCUT2D eigenvalue weighted by atomic mass is 16.3. The van der Waals surface area contributed by atoms with Crippen molar-refractivity contribution in [3.05, 3.63) is 182 Å². The summed E-state index contributed by atoms with van der Waals surface area (Å²) < 4.78 is 87.0. The Balaban J connectivity index is 1.22. The quantitative estimate of drug-likeness (QED) is 0.172. The summed E-state index contributed by atoms with van der Waals surface area (Å²) in [5.41, 5.74) is 6.00. The molecule has 0 aliphatic carbocycles. The van der Waals surface area contributed by atoms with Gasteiger partial charge in [-0.05, 0) is 89.1 Å². The van der Waals surface area contributed by atoms with Crippen LogP contribution in [0.2, 0.25) is 0 Å². The topological polar surface area (TPSA) is 26.3 Å². The third kappa shape index (κ3) is 4.11. The number of rotatable bonds is 3. The molecular weight excluding hydrogens is 657 g/mol. The van der Waals surface area contributed by atoms with Crippen molar-refractivity contribution in [2.45, 2.75) is 0 Å². The van der Waals surface area contributed by atoms with Crippen LogP contribution in [0, 0.1) is 0 Å². The van der Waals surface area contributed by atoms with Gasteiger partial charge in [0, 0.05) is 27.1 Å². The molecule has 250 valence electrons. The summed E-state index contributed by atoms with van der Waals surface area (Å²) in [6.07, 6.45) is 0. The maximum absolute atomic E-state index is 9.57. The molecule has 12 aromatic rings. The fraction of sp³-hybridized carbons (Fsp3) is 0. The fourth-order valence-corrected chi connectivity index (χ4v) is 8.58. The summed E-state index contributed by atoms with van der Waals surface area (Å²) >= 11 is 0. The standard InChI is InChI=1S/C52H30O2/c1-2-13-34-31(12-1)28-29-46-50(34)51-38-16-4-3-14-36(38)44(30-47(51)53-46)49-41-19-7-5-17-39(41)48(40-18-6-8-20-42(40)49)33-26-24-32(25-27-33)35-21-11-22-43-37-15-9-10-23-45(37)54-52(35)43/h1-30H/i5D,6D,7D,8D,17D,18D,19D,20D. The molecule has 0 saturated heterocycles. The van der Waals surface area contributed by atoms with Gasteiger partial charge in [-0.25, -0.2) is 0 Å². The lowest BCUT2D eigenvalue weighted by Gasteiger charge is -2.19. The van der Waals surface area contributed by atoms with Gasteiger partial charge < -0.3 is 8.83 Å². The Kier molecular flexibility index (Phi) is 4.70. The number of fused-ring (bicyclic) bond motifs is 12. The normalized spacial score (nSPS) is 14.1. The molecule has 0 aliphatic rings. The van der Waals surface area contributed by atoms with Crippen molar-refractivity contribution >= 4 is 87.0 Å². The van der Waals surface area contributed by atoms with E-state index in [1.54, 1.807) is 0 Å². The molecule has 0 saturated carbocycles. The summed E-state index contributed by atoms with van der Waals surface area (Å²) in [6.45, 7) is 0. The Morgan fingerprint density at radius 1 is 0.352 bits per heavy atom. The predicted molar refractivity (Wildman–Crippen MR) is 227 cm³/mol. The maximum atomic E-state index is 9.57. The Morgan fingerprint density at radius 3 is 1.70 bits per heavy atom. The van der Waals surface area contributed by atoms with Crippen molar-refractivity contribution in [3.8, 4) is 33.4 Å². The molecule has 2 heterocycles. The van der Waals surface area contributed by atoms with E-state index in [-0.39, 0.29) is 56.8 Å². The molecule has 0 amide bonds. The molecule has 0 spiro atoms. The van der Waals surface area contributed by atoms with Crippen molar-refractivity contribution in [1.29, 1.82) is 0 Å². The SMILES string of the molecule is [2H]c1c([2H])c([2H])c2c(-c3cc4oc5ccc6ccccc6c5c4c4ccccc34)c3c([2H])c([2H])c([2H])c([2H])c3c(-c3ccc(-c4cccc5c4oc4ccccc45)cc3)c2c1[2H]. The molecule has 0 atom stereocenters. The zero-order valence-electron chi connectivity index (χ0n) is 36.5. The molecule has 54 heavy (non-hydrogen) atoms. The minimum absolute atomic E-state index is 0.144. The number of hydrogen-bond donors (Lipinski definition) is 0. The van der Waals surface area contributed by atoms with Crippen LogP contribution in [0.5, 0.6) is 0 Å². The van der Waals surface area contributed by atoms with Crippen LogP contribution in [0.3, 0.4) is 0 Å². The van der Waals surface area contributed by atoms with Gasteiger partial charge in [0.2, 0.25) is 0 Å². The first kappa shape index (κ1) is 22.7. The van der Waals surface area contributed by atoms with E-state index < -0.39 is 24.2 Å². The summed E-state index contributed by atoms with van der Waals surface area (Å²) in [7, 11) is 0. The first-order valence-electron chi connectivity index (χ1n) is 21.9. The first-order chi connectivity index (χ1) is 30.1. The Bertz CT molecular complexity index is 3880. The molecule has 0 bridgehead atoms. The van der Waals surface area contributed by atoms with Crippen LogP contribution in [0.25, 0.3) is 120 Å². The maximum Gasteiger partial charge on any atom is 0.143 e. The summed E-state index contributed by atoms with van der Waals surface area (Å²) in [5, 5.41) is 8.01.